The number of aromatic nitrogens is 2. The largest absolute Gasteiger partial charge is 0.408 e. The van der Waals surface area contributed by atoms with E-state index in [0.29, 0.717) is 24.9 Å². The number of alkyl halides is 1. The van der Waals surface area contributed by atoms with Crippen LogP contribution in [0, 0.1) is 6.92 Å². The number of rotatable bonds is 4. The number of nitrogens with one attached hydrogen (secondary N) is 1. The van der Waals surface area contributed by atoms with Crippen LogP contribution in [-0.4, -0.2) is 41.4 Å². The number of amides is 1. The van der Waals surface area contributed by atoms with Crippen LogP contribution >= 0.6 is 0 Å². The minimum atomic E-state index is -0.956. The van der Waals surface area contributed by atoms with Gasteiger partial charge in [-0.2, -0.15) is 0 Å². The van der Waals surface area contributed by atoms with Gasteiger partial charge in [0, 0.05) is 19.9 Å². The van der Waals surface area contributed by atoms with Gasteiger partial charge in [0.1, 0.15) is 6.17 Å². The molecule has 1 saturated heterocycles. The van der Waals surface area contributed by atoms with Crippen LogP contribution < -0.4 is 10.2 Å². The van der Waals surface area contributed by atoms with Crippen molar-refractivity contribution in [1.29, 1.82) is 0 Å². The standard InChI is InChI=1S/C11H15FN4O2/c1-3-10(17)13-5-9-4-8(12)6-16(9)11-15-14-7(2)18-11/h3,8-9H,1,4-6H2,2H3,(H,13,17)/t8-,9-/m0/s1. The number of halogens is 1. The van der Waals surface area contributed by atoms with Crippen molar-refractivity contribution in [2.45, 2.75) is 25.6 Å². The lowest BCUT2D eigenvalue weighted by Crippen LogP contribution is -2.39. The molecular formula is C11H15FN4O2. The van der Waals surface area contributed by atoms with E-state index in [9.17, 15) is 9.18 Å². The average molecular weight is 254 g/mol. The molecule has 1 aliphatic rings. The number of carbonyl (C=O) groups is 1. The summed E-state index contributed by atoms with van der Waals surface area (Å²) < 4.78 is 18.7. The number of aryl methyl sites for hydroxylation is 1. The molecule has 1 N–H and O–H groups in total. The lowest BCUT2D eigenvalue weighted by molar-refractivity contribution is -0.116. The van der Waals surface area contributed by atoms with E-state index in [-0.39, 0.29) is 18.5 Å². The van der Waals surface area contributed by atoms with Gasteiger partial charge in [0.25, 0.3) is 0 Å². The van der Waals surface area contributed by atoms with Crippen LogP contribution in [0.3, 0.4) is 0 Å². The number of hydrogen-bond donors (Lipinski definition) is 1. The predicted octanol–water partition coefficient (Wildman–Crippen LogP) is 0.597. The van der Waals surface area contributed by atoms with Crippen molar-refractivity contribution in [3.05, 3.63) is 18.5 Å². The van der Waals surface area contributed by atoms with E-state index in [1.54, 1.807) is 11.8 Å². The quantitative estimate of drug-likeness (QED) is 0.796. The zero-order valence-corrected chi connectivity index (χ0v) is 10.1. The van der Waals surface area contributed by atoms with Gasteiger partial charge >= 0.3 is 6.01 Å². The molecule has 2 heterocycles. The zero-order valence-electron chi connectivity index (χ0n) is 10.1. The monoisotopic (exact) mass is 254 g/mol. The highest BCUT2D eigenvalue weighted by Gasteiger charge is 2.35. The first-order valence-corrected chi connectivity index (χ1v) is 5.71. The van der Waals surface area contributed by atoms with E-state index in [4.69, 9.17) is 4.42 Å². The van der Waals surface area contributed by atoms with Gasteiger partial charge in [-0.15, -0.1) is 5.10 Å². The summed E-state index contributed by atoms with van der Waals surface area (Å²) in [5.41, 5.74) is 0. The molecule has 0 spiro atoms. The molecule has 0 aromatic carbocycles. The minimum absolute atomic E-state index is 0.177. The summed E-state index contributed by atoms with van der Waals surface area (Å²) in [6, 6.07) is 0.120. The van der Waals surface area contributed by atoms with Crippen LogP contribution in [-0.2, 0) is 4.79 Å². The Morgan fingerprint density at radius 1 is 1.72 bits per heavy atom. The van der Waals surface area contributed by atoms with Crippen LogP contribution in [0.4, 0.5) is 10.4 Å². The molecule has 1 aromatic heterocycles. The molecule has 6 nitrogen and oxygen atoms in total. The summed E-state index contributed by atoms with van der Waals surface area (Å²) in [5.74, 6) is 0.153. The topological polar surface area (TPSA) is 71.3 Å². The number of nitrogens with zero attached hydrogens (tertiary/aromatic N) is 3. The van der Waals surface area contributed by atoms with Crippen molar-refractivity contribution in [3.8, 4) is 0 Å². The first-order valence-electron chi connectivity index (χ1n) is 5.71. The van der Waals surface area contributed by atoms with Crippen LogP contribution in [0.25, 0.3) is 0 Å². The second-order valence-electron chi connectivity index (χ2n) is 4.19. The van der Waals surface area contributed by atoms with Crippen molar-refractivity contribution < 1.29 is 13.6 Å². The van der Waals surface area contributed by atoms with E-state index < -0.39 is 6.17 Å². The SMILES string of the molecule is C=CC(=O)NC[C@@H]1C[C@H](F)CN1c1nnc(C)o1. The maximum Gasteiger partial charge on any atom is 0.318 e. The third-order valence-electron chi connectivity index (χ3n) is 2.82. The zero-order chi connectivity index (χ0) is 13.1. The summed E-state index contributed by atoms with van der Waals surface area (Å²) in [4.78, 5) is 12.8. The fraction of sp³-hybridized carbons (Fsp3) is 0.545. The van der Waals surface area contributed by atoms with Gasteiger partial charge in [0.15, 0.2) is 0 Å². The summed E-state index contributed by atoms with van der Waals surface area (Å²) in [6.45, 7) is 5.57. The molecule has 18 heavy (non-hydrogen) atoms. The molecule has 1 aliphatic heterocycles. The van der Waals surface area contributed by atoms with Crippen molar-refractivity contribution in [3.63, 3.8) is 0 Å². The fourth-order valence-electron chi connectivity index (χ4n) is 1.98. The molecule has 2 atom stereocenters. The molecule has 0 aliphatic carbocycles. The van der Waals surface area contributed by atoms with Gasteiger partial charge in [0.2, 0.25) is 11.8 Å². The van der Waals surface area contributed by atoms with Crippen molar-refractivity contribution in [2.75, 3.05) is 18.0 Å². The molecule has 7 heteroatoms. The summed E-state index contributed by atoms with van der Waals surface area (Å²) >= 11 is 0. The number of carbonyl (C=O) groups excluding carboxylic acids is 1. The third kappa shape index (κ3) is 2.66. The van der Waals surface area contributed by atoms with Gasteiger partial charge in [-0.1, -0.05) is 11.7 Å². The lowest BCUT2D eigenvalue weighted by Gasteiger charge is -2.21. The van der Waals surface area contributed by atoms with E-state index in [1.807, 2.05) is 0 Å². The third-order valence-corrected chi connectivity index (χ3v) is 2.82. The van der Waals surface area contributed by atoms with Crippen LogP contribution in [0.5, 0.6) is 0 Å². The summed E-state index contributed by atoms with van der Waals surface area (Å²) in [7, 11) is 0. The molecular weight excluding hydrogens is 239 g/mol. The van der Waals surface area contributed by atoms with Crippen molar-refractivity contribution in [2.24, 2.45) is 0 Å². The fourth-order valence-corrected chi connectivity index (χ4v) is 1.98. The van der Waals surface area contributed by atoms with Gasteiger partial charge in [-0.3, -0.25) is 4.79 Å². The maximum atomic E-state index is 13.5. The Morgan fingerprint density at radius 3 is 3.11 bits per heavy atom. The Kier molecular flexibility index (Phi) is 3.59. The Morgan fingerprint density at radius 2 is 2.50 bits per heavy atom. The molecule has 0 bridgehead atoms. The van der Waals surface area contributed by atoms with Gasteiger partial charge in [-0.25, -0.2) is 4.39 Å². The molecule has 0 saturated carbocycles. The Balaban J connectivity index is 2.03. The maximum absolute atomic E-state index is 13.5. The molecule has 1 amide bonds. The predicted molar refractivity (Wildman–Crippen MR) is 62.9 cm³/mol. The van der Waals surface area contributed by atoms with Crippen LogP contribution in [0.1, 0.15) is 12.3 Å². The Hall–Kier alpha value is -1.92. The highest BCUT2D eigenvalue weighted by atomic mass is 19.1. The molecule has 1 fully saturated rings. The van der Waals surface area contributed by atoms with Gasteiger partial charge < -0.3 is 14.6 Å². The van der Waals surface area contributed by atoms with Gasteiger partial charge in [0.05, 0.1) is 12.6 Å². The molecule has 2 rings (SSSR count). The first-order chi connectivity index (χ1) is 8.60. The lowest BCUT2D eigenvalue weighted by atomic mass is 10.2. The van der Waals surface area contributed by atoms with E-state index in [2.05, 4.69) is 22.1 Å². The molecule has 0 radical (unpaired) electrons. The molecule has 1 aromatic rings. The van der Waals surface area contributed by atoms with Crippen LogP contribution in [0.15, 0.2) is 17.1 Å². The smallest absolute Gasteiger partial charge is 0.318 e. The first kappa shape index (κ1) is 12.5. The highest BCUT2D eigenvalue weighted by Crippen LogP contribution is 2.25. The van der Waals surface area contributed by atoms with Crippen molar-refractivity contribution >= 4 is 11.9 Å². The van der Waals surface area contributed by atoms with Gasteiger partial charge in [-0.05, 0) is 6.08 Å². The Bertz CT molecular complexity index is 448. The number of anilines is 1. The Labute approximate surface area is 104 Å². The minimum Gasteiger partial charge on any atom is -0.408 e. The van der Waals surface area contributed by atoms with Crippen molar-refractivity contribution in [1.82, 2.24) is 15.5 Å². The second kappa shape index (κ2) is 5.16. The van der Waals surface area contributed by atoms with E-state index in [0.717, 1.165) is 0 Å². The van der Waals surface area contributed by atoms with E-state index >= 15 is 0 Å². The number of hydrogen-bond acceptors (Lipinski definition) is 5. The van der Waals surface area contributed by atoms with E-state index in [1.165, 1.54) is 6.08 Å². The van der Waals surface area contributed by atoms with Crippen LogP contribution in [0.2, 0.25) is 0 Å². The second-order valence-corrected chi connectivity index (χ2v) is 4.19. The molecule has 98 valence electrons. The highest BCUT2D eigenvalue weighted by molar-refractivity contribution is 5.86. The summed E-state index contributed by atoms with van der Waals surface area (Å²) in [5, 5.41) is 10.2. The summed E-state index contributed by atoms with van der Waals surface area (Å²) in [6.07, 6.45) is 0.560. The average Bonchev–Trinajstić information content (AvgIpc) is 2.92. The normalized spacial score (nSPS) is 23.1. The molecule has 0 unspecified atom stereocenters.